The predicted octanol–water partition coefficient (Wildman–Crippen LogP) is 3.23. The van der Waals surface area contributed by atoms with Crippen LogP contribution in [0.5, 0.6) is 5.75 Å². The molecule has 2 aromatic carbocycles. The number of anilines is 1. The van der Waals surface area contributed by atoms with Gasteiger partial charge in [-0.25, -0.2) is 0 Å². The van der Waals surface area contributed by atoms with Gasteiger partial charge in [0, 0.05) is 10.7 Å². The minimum absolute atomic E-state index is 0.127. The minimum atomic E-state index is -0.283. The smallest absolute Gasteiger partial charge is 0.262 e. The number of nitrogens with one attached hydrogen (secondary N) is 1. The second kappa shape index (κ2) is 6.60. The lowest BCUT2D eigenvalue weighted by Gasteiger charge is -2.07. The molecule has 0 radical (unpaired) electrons. The van der Waals surface area contributed by atoms with E-state index in [2.05, 4.69) is 5.32 Å². The Bertz CT molecular complexity index is 648. The van der Waals surface area contributed by atoms with Gasteiger partial charge in [-0.15, -0.1) is 0 Å². The molecular formula is C15H11ClN2O2. The van der Waals surface area contributed by atoms with Crippen LogP contribution < -0.4 is 10.1 Å². The van der Waals surface area contributed by atoms with Crippen LogP contribution in [0.2, 0.25) is 5.02 Å². The van der Waals surface area contributed by atoms with Crippen molar-refractivity contribution in [1.29, 1.82) is 5.26 Å². The Kier molecular flexibility index (Phi) is 4.59. The highest BCUT2D eigenvalue weighted by Gasteiger charge is 2.04. The largest absolute Gasteiger partial charge is 0.484 e. The molecule has 0 fully saturated rings. The van der Waals surface area contributed by atoms with Gasteiger partial charge in [-0.05, 0) is 42.5 Å². The van der Waals surface area contributed by atoms with E-state index in [1.165, 1.54) is 0 Å². The van der Waals surface area contributed by atoms with Gasteiger partial charge in [0.25, 0.3) is 5.91 Å². The summed E-state index contributed by atoms with van der Waals surface area (Å²) in [5.74, 6) is 0.199. The molecule has 0 saturated carbocycles. The third kappa shape index (κ3) is 4.01. The van der Waals surface area contributed by atoms with Crippen molar-refractivity contribution in [3.05, 3.63) is 59.1 Å². The number of hydrogen-bond donors (Lipinski definition) is 1. The second-order valence-electron chi connectivity index (χ2n) is 3.98. The van der Waals surface area contributed by atoms with Gasteiger partial charge in [0.05, 0.1) is 11.6 Å². The summed E-state index contributed by atoms with van der Waals surface area (Å²) < 4.78 is 5.32. The van der Waals surface area contributed by atoms with Crippen LogP contribution in [0, 0.1) is 11.3 Å². The summed E-state index contributed by atoms with van der Waals surface area (Å²) in [6.07, 6.45) is 0. The number of nitriles is 1. The van der Waals surface area contributed by atoms with Crippen LogP contribution in [0.1, 0.15) is 5.56 Å². The molecule has 0 spiro atoms. The first-order valence-corrected chi connectivity index (χ1v) is 6.23. The first-order valence-electron chi connectivity index (χ1n) is 5.86. The molecular weight excluding hydrogens is 276 g/mol. The third-order valence-corrected chi connectivity index (χ3v) is 2.71. The fraction of sp³-hybridized carbons (Fsp3) is 0.0667. The molecule has 0 saturated heterocycles. The zero-order valence-corrected chi connectivity index (χ0v) is 11.2. The lowest BCUT2D eigenvalue weighted by molar-refractivity contribution is -0.118. The van der Waals surface area contributed by atoms with E-state index in [9.17, 15) is 4.79 Å². The number of benzene rings is 2. The second-order valence-corrected chi connectivity index (χ2v) is 4.42. The standard InChI is InChI=1S/C15H11ClN2O2/c16-12-4-6-13(7-5-12)18-15(19)10-20-14-3-1-2-11(8-14)9-17/h1-8H,10H2,(H,18,19). The molecule has 0 heterocycles. The molecule has 0 aliphatic carbocycles. The van der Waals surface area contributed by atoms with E-state index in [4.69, 9.17) is 21.6 Å². The Balaban J connectivity index is 1.89. The number of amides is 1. The number of nitrogens with zero attached hydrogens (tertiary/aromatic N) is 1. The fourth-order valence-corrected chi connectivity index (χ4v) is 1.66. The first kappa shape index (κ1) is 13.9. The summed E-state index contributed by atoms with van der Waals surface area (Å²) >= 11 is 5.75. The van der Waals surface area contributed by atoms with Gasteiger partial charge >= 0.3 is 0 Å². The van der Waals surface area contributed by atoms with Gasteiger partial charge in [-0.2, -0.15) is 5.26 Å². The lowest BCUT2D eigenvalue weighted by atomic mass is 10.2. The number of hydrogen-bond acceptors (Lipinski definition) is 3. The Labute approximate surface area is 121 Å². The summed E-state index contributed by atoms with van der Waals surface area (Å²) in [7, 11) is 0. The van der Waals surface area contributed by atoms with Crippen molar-refractivity contribution in [3.63, 3.8) is 0 Å². The molecule has 2 aromatic rings. The van der Waals surface area contributed by atoms with Gasteiger partial charge in [0.2, 0.25) is 0 Å². The van der Waals surface area contributed by atoms with E-state index >= 15 is 0 Å². The van der Waals surface area contributed by atoms with Crippen LogP contribution in [0.25, 0.3) is 0 Å². The zero-order chi connectivity index (χ0) is 14.4. The normalized spacial score (nSPS) is 9.60. The van der Waals surface area contributed by atoms with E-state index in [0.717, 1.165) is 0 Å². The molecule has 0 aliphatic rings. The van der Waals surface area contributed by atoms with Gasteiger partial charge in [0.1, 0.15) is 5.75 Å². The van der Waals surface area contributed by atoms with Crippen molar-refractivity contribution in [2.45, 2.75) is 0 Å². The van der Waals surface area contributed by atoms with Crippen molar-refractivity contribution in [2.75, 3.05) is 11.9 Å². The van der Waals surface area contributed by atoms with Crippen LogP contribution in [0.3, 0.4) is 0 Å². The quantitative estimate of drug-likeness (QED) is 0.938. The van der Waals surface area contributed by atoms with E-state index < -0.39 is 0 Å². The molecule has 1 amide bonds. The van der Waals surface area contributed by atoms with E-state index in [0.29, 0.717) is 22.0 Å². The molecule has 4 nitrogen and oxygen atoms in total. The molecule has 0 aromatic heterocycles. The number of halogens is 1. The van der Waals surface area contributed by atoms with Crippen LogP contribution in [0.4, 0.5) is 5.69 Å². The molecule has 0 aliphatic heterocycles. The van der Waals surface area contributed by atoms with Crippen molar-refractivity contribution < 1.29 is 9.53 Å². The maximum atomic E-state index is 11.7. The molecule has 20 heavy (non-hydrogen) atoms. The van der Waals surface area contributed by atoms with Gasteiger partial charge in [0.15, 0.2) is 6.61 Å². The SMILES string of the molecule is N#Cc1cccc(OCC(=O)Nc2ccc(Cl)cc2)c1. The highest BCUT2D eigenvalue weighted by molar-refractivity contribution is 6.30. The van der Waals surface area contributed by atoms with Gasteiger partial charge in [-0.1, -0.05) is 17.7 Å². The van der Waals surface area contributed by atoms with Crippen molar-refractivity contribution >= 4 is 23.2 Å². The predicted molar refractivity (Wildman–Crippen MR) is 76.7 cm³/mol. The molecule has 1 N–H and O–H groups in total. The average Bonchev–Trinajstić information content (AvgIpc) is 2.48. The topological polar surface area (TPSA) is 62.1 Å². The first-order chi connectivity index (χ1) is 9.67. The third-order valence-electron chi connectivity index (χ3n) is 2.46. The molecule has 0 unspecified atom stereocenters. The molecule has 2 rings (SSSR count). The minimum Gasteiger partial charge on any atom is -0.484 e. The number of carbonyl (C=O) groups is 1. The summed E-state index contributed by atoms with van der Waals surface area (Å²) in [6, 6.07) is 15.4. The van der Waals surface area contributed by atoms with Crippen LogP contribution >= 0.6 is 11.6 Å². The van der Waals surface area contributed by atoms with Crippen molar-refractivity contribution in [1.82, 2.24) is 0 Å². The van der Waals surface area contributed by atoms with E-state index in [-0.39, 0.29) is 12.5 Å². The number of rotatable bonds is 4. The van der Waals surface area contributed by atoms with Gasteiger partial charge in [-0.3, -0.25) is 4.79 Å². The molecule has 0 bridgehead atoms. The summed E-state index contributed by atoms with van der Waals surface area (Å²) in [4.78, 5) is 11.7. The van der Waals surface area contributed by atoms with Crippen LogP contribution in [-0.4, -0.2) is 12.5 Å². The highest BCUT2D eigenvalue weighted by Crippen LogP contribution is 2.14. The Morgan fingerprint density at radius 3 is 2.70 bits per heavy atom. The Hall–Kier alpha value is -2.51. The monoisotopic (exact) mass is 286 g/mol. The van der Waals surface area contributed by atoms with Crippen LogP contribution in [-0.2, 0) is 4.79 Å². The van der Waals surface area contributed by atoms with Crippen LogP contribution in [0.15, 0.2) is 48.5 Å². The summed E-state index contributed by atoms with van der Waals surface area (Å²) in [5.41, 5.74) is 1.13. The zero-order valence-electron chi connectivity index (χ0n) is 10.5. The number of carbonyl (C=O) groups excluding carboxylic acids is 1. The fourth-order valence-electron chi connectivity index (χ4n) is 1.53. The number of ether oxygens (including phenoxy) is 1. The highest BCUT2D eigenvalue weighted by atomic mass is 35.5. The maximum Gasteiger partial charge on any atom is 0.262 e. The Morgan fingerprint density at radius 2 is 2.00 bits per heavy atom. The summed E-state index contributed by atoms with van der Waals surface area (Å²) in [6.45, 7) is -0.127. The Morgan fingerprint density at radius 1 is 1.25 bits per heavy atom. The molecule has 5 heteroatoms. The average molecular weight is 287 g/mol. The van der Waals surface area contributed by atoms with Gasteiger partial charge < -0.3 is 10.1 Å². The maximum absolute atomic E-state index is 11.7. The van der Waals surface area contributed by atoms with Crippen molar-refractivity contribution in [3.8, 4) is 11.8 Å². The lowest BCUT2D eigenvalue weighted by Crippen LogP contribution is -2.20. The molecule has 0 atom stereocenters. The van der Waals surface area contributed by atoms with E-state index in [1.807, 2.05) is 6.07 Å². The molecule has 100 valence electrons. The van der Waals surface area contributed by atoms with E-state index in [1.54, 1.807) is 48.5 Å². The summed E-state index contributed by atoms with van der Waals surface area (Å²) in [5, 5.41) is 12.0. The van der Waals surface area contributed by atoms with Crippen molar-refractivity contribution in [2.24, 2.45) is 0 Å².